The Labute approximate surface area is 174 Å². The number of thiophene rings is 1. The molecular weight excluding hydrogens is 411 g/mol. The minimum Gasteiger partial charge on any atom is -0.410 e. The van der Waals surface area contributed by atoms with E-state index in [-0.39, 0.29) is 5.82 Å². The summed E-state index contributed by atoms with van der Waals surface area (Å²) < 4.78 is 24.1. The molecule has 5 rings (SSSR count). The number of rotatable bonds is 5. The van der Waals surface area contributed by atoms with Crippen LogP contribution >= 0.6 is 23.1 Å². The van der Waals surface area contributed by atoms with Crippen molar-refractivity contribution in [2.45, 2.75) is 37.2 Å². The fourth-order valence-electron chi connectivity index (χ4n) is 3.33. The minimum absolute atomic E-state index is 0.304. The molecule has 1 aromatic carbocycles. The van der Waals surface area contributed by atoms with Gasteiger partial charge in [-0.25, -0.2) is 4.39 Å². The fraction of sp³-hybridized carbons (Fsp3) is 0.300. The molecule has 0 fully saturated rings. The third kappa shape index (κ3) is 3.97. The van der Waals surface area contributed by atoms with Gasteiger partial charge in [0, 0.05) is 10.4 Å². The maximum Gasteiger partial charge on any atom is 0.277 e. The molecule has 0 aliphatic heterocycles. The Morgan fingerprint density at radius 1 is 1.24 bits per heavy atom. The average molecular weight is 429 g/mol. The smallest absolute Gasteiger partial charge is 0.277 e. The predicted molar refractivity (Wildman–Crippen MR) is 108 cm³/mol. The third-order valence-corrected chi connectivity index (χ3v) is 6.86. The molecule has 1 aliphatic carbocycles. The molecule has 0 spiro atoms. The number of benzene rings is 1. The van der Waals surface area contributed by atoms with E-state index in [0.717, 1.165) is 23.6 Å². The molecule has 6 nitrogen and oxygen atoms in total. The molecule has 0 N–H and O–H groups in total. The third-order valence-electron chi connectivity index (χ3n) is 4.84. The fourth-order valence-corrected chi connectivity index (χ4v) is 5.06. The maximum atomic E-state index is 13.0. The van der Waals surface area contributed by atoms with Crippen molar-refractivity contribution in [2.24, 2.45) is 5.92 Å². The van der Waals surface area contributed by atoms with Crippen LogP contribution in [0, 0.1) is 11.7 Å². The number of halogens is 1. The van der Waals surface area contributed by atoms with Crippen molar-refractivity contribution in [2.75, 3.05) is 0 Å². The van der Waals surface area contributed by atoms with Crippen LogP contribution < -0.4 is 0 Å². The summed E-state index contributed by atoms with van der Waals surface area (Å²) in [6.45, 7) is 2.29. The first-order chi connectivity index (χ1) is 14.1. The molecule has 0 unspecified atom stereocenters. The van der Waals surface area contributed by atoms with Gasteiger partial charge in [0.25, 0.3) is 11.1 Å². The number of fused-ring (bicyclic) bond motifs is 1. The second-order valence-electron chi connectivity index (χ2n) is 7.09. The van der Waals surface area contributed by atoms with Gasteiger partial charge in [-0.15, -0.1) is 21.5 Å². The molecule has 0 saturated carbocycles. The highest BCUT2D eigenvalue weighted by atomic mass is 32.2. The van der Waals surface area contributed by atoms with E-state index in [4.69, 9.17) is 8.94 Å². The first kappa shape index (κ1) is 18.5. The molecule has 148 valence electrons. The molecule has 0 amide bonds. The van der Waals surface area contributed by atoms with Gasteiger partial charge in [-0.2, -0.15) is 4.98 Å². The lowest BCUT2D eigenvalue weighted by Crippen LogP contribution is -2.07. The minimum atomic E-state index is -0.304. The van der Waals surface area contributed by atoms with Crippen molar-refractivity contribution < 1.29 is 13.3 Å². The number of aryl methyl sites for hydroxylation is 1. The highest BCUT2D eigenvalue weighted by Crippen LogP contribution is 2.37. The second-order valence-corrected chi connectivity index (χ2v) is 9.15. The van der Waals surface area contributed by atoms with Crippen molar-refractivity contribution >= 4 is 23.1 Å². The van der Waals surface area contributed by atoms with E-state index in [9.17, 15) is 4.39 Å². The monoisotopic (exact) mass is 428 g/mol. The van der Waals surface area contributed by atoms with Gasteiger partial charge in [-0.1, -0.05) is 23.8 Å². The lowest BCUT2D eigenvalue weighted by atomic mass is 9.90. The van der Waals surface area contributed by atoms with Crippen LogP contribution in [0.2, 0.25) is 0 Å². The zero-order valence-electron chi connectivity index (χ0n) is 15.6. The Balaban J connectivity index is 1.25. The van der Waals surface area contributed by atoms with E-state index in [0.29, 0.717) is 34.1 Å². The Bertz CT molecular complexity index is 1140. The van der Waals surface area contributed by atoms with E-state index < -0.39 is 0 Å². The Hall–Kier alpha value is -2.52. The van der Waals surface area contributed by atoms with E-state index >= 15 is 0 Å². The number of nitrogens with zero attached hydrogens (tertiary/aromatic N) is 4. The summed E-state index contributed by atoms with van der Waals surface area (Å²) in [4.78, 5) is 6.79. The van der Waals surface area contributed by atoms with Crippen LogP contribution in [0.1, 0.15) is 29.7 Å². The molecule has 1 atom stereocenters. The molecule has 29 heavy (non-hydrogen) atoms. The van der Waals surface area contributed by atoms with Crippen LogP contribution in [0.3, 0.4) is 0 Å². The molecular formula is C20H17FN4O2S2. The van der Waals surface area contributed by atoms with E-state index in [1.54, 1.807) is 23.5 Å². The van der Waals surface area contributed by atoms with Crippen LogP contribution in [-0.2, 0) is 18.6 Å². The van der Waals surface area contributed by atoms with Crippen molar-refractivity contribution in [3.05, 3.63) is 52.5 Å². The van der Waals surface area contributed by atoms with Crippen LogP contribution in [0.4, 0.5) is 4.39 Å². The summed E-state index contributed by atoms with van der Waals surface area (Å²) in [6.07, 6.45) is 3.49. The van der Waals surface area contributed by atoms with Crippen molar-refractivity contribution in [1.29, 1.82) is 0 Å². The van der Waals surface area contributed by atoms with Crippen LogP contribution in [0.25, 0.3) is 22.2 Å². The molecule has 0 bridgehead atoms. The van der Waals surface area contributed by atoms with Gasteiger partial charge in [0.1, 0.15) is 5.82 Å². The summed E-state index contributed by atoms with van der Waals surface area (Å²) in [5.41, 5.74) is 2.11. The van der Waals surface area contributed by atoms with Gasteiger partial charge >= 0.3 is 0 Å². The lowest BCUT2D eigenvalue weighted by molar-refractivity contribution is 0.391. The maximum absolute atomic E-state index is 13.0. The van der Waals surface area contributed by atoms with Crippen LogP contribution in [0.5, 0.6) is 0 Å². The van der Waals surface area contributed by atoms with Gasteiger partial charge in [0.2, 0.25) is 11.7 Å². The van der Waals surface area contributed by atoms with Gasteiger partial charge in [-0.3, -0.25) is 0 Å². The molecule has 1 aliphatic rings. The second kappa shape index (κ2) is 7.72. The summed E-state index contributed by atoms with van der Waals surface area (Å²) in [5, 5.41) is 12.7. The first-order valence-electron chi connectivity index (χ1n) is 9.31. The number of hydrogen-bond acceptors (Lipinski definition) is 8. The van der Waals surface area contributed by atoms with Crippen molar-refractivity contribution in [3.63, 3.8) is 0 Å². The topological polar surface area (TPSA) is 77.8 Å². The van der Waals surface area contributed by atoms with E-state index in [2.05, 4.69) is 33.3 Å². The number of aromatic nitrogens is 4. The zero-order valence-corrected chi connectivity index (χ0v) is 17.2. The SMILES string of the molecule is C[C@@H]1CCc2sc(-c3nnc(SCc4nc(-c5ccc(F)cc5)no4)o3)cc2C1. The van der Waals surface area contributed by atoms with Crippen LogP contribution in [0.15, 0.2) is 44.5 Å². The standard InChI is InChI=1S/C20H17FN4O2S2/c1-11-2-7-15-13(8-11)9-16(29-15)19-23-24-20(26-19)28-10-17-22-18(25-27-17)12-3-5-14(21)6-4-12/h3-6,9,11H,2,7-8,10H2,1H3/t11-/m1/s1. The molecule has 4 aromatic rings. The van der Waals surface area contributed by atoms with Gasteiger partial charge in [0.05, 0.1) is 10.6 Å². The summed E-state index contributed by atoms with van der Waals surface area (Å²) >= 11 is 3.09. The number of thioether (sulfide) groups is 1. The molecule has 3 heterocycles. The van der Waals surface area contributed by atoms with E-state index in [1.165, 1.54) is 40.8 Å². The summed E-state index contributed by atoms with van der Waals surface area (Å²) in [5.74, 6) is 2.25. The Kier molecular flexibility index (Phi) is 4.92. The van der Waals surface area contributed by atoms with Gasteiger partial charge < -0.3 is 8.94 Å². The quantitative estimate of drug-likeness (QED) is 0.394. The molecule has 0 saturated heterocycles. The average Bonchev–Trinajstić information content (AvgIpc) is 3.45. The lowest BCUT2D eigenvalue weighted by Gasteiger charge is -2.16. The highest BCUT2D eigenvalue weighted by Gasteiger charge is 2.21. The number of hydrogen-bond donors (Lipinski definition) is 0. The van der Waals surface area contributed by atoms with Gasteiger partial charge in [0.15, 0.2) is 0 Å². The highest BCUT2D eigenvalue weighted by molar-refractivity contribution is 7.98. The summed E-state index contributed by atoms with van der Waals surface area (Å²) in [7, 11) is 0. The van der Waals surface area contributed by atoms with E-state index in [1.807, 2.05) is 0 Å². The zero-order chi connectivity index (χ0) is 19.8. The van der Waals surface area contributed by atoms with Crippen molar-refractivity contribution in [1.82, 2.24) is 20.3 Å². The normalized spacial score (nSPS) is 16.1. The predicted octanol–water partition coefficient (Wildman–Crippen LogP) is 5.40. The molecule has 3 aromatic heterocycles. The van der Waals surface area contributed by atoms with Crippen molar-refractivity contribution in [3.8, 4) is 22.2 Å². The van der Waals surface area contributed by atoms with Gasteiger partial charge in [-0.05, 0) is 61.1 Å². The largest absolute Gasteiger partial charge is 0.410 e. The molecule has 0 radical (unpaired) electrons. The first-order valence-corrected chi connectivity index (χ1v) is 11.1. The van der Waals surface area contributed by atoms with Crippen LogP contribution in [-0.4, -0.2) is 20.3 Å². The Morgan fingerprint density at radius 3 is 2.97 bits per heavy atom. The molecule has 9 heteroatoms. The summed E-state index contributed by atoms with van der Waals surface area (Å²) in [6, 6.07) is 8.14. The Morgan fingerprint density at radius 2 is 2.10 bits per heavy atom.